The summed E-state index contributed by atoms with van der Waals surface area (Å²) < 4.78 is 19.8. The Balaban J connectivity index is 1.84. The van der Waals surface area contributed by atoms with Crippen LogP contribution in [0.15, 0.2) is 51.7 Å². The van der Waals surface area contributed by atoms with Crippen LogP contribution in [-0.2, 0) is 0 Å². The van der Waals surface area contributed by atoms with Gasteiger partial charge in [0.2, 0.25) is 10.9 Å². The van der Waals surface area contributed by atoms with E-state index in [0.29, 0.717) is 20.7 Å². The molecule has 3 heterocycles. The highest BCUT2D eigenvalue weighted by molar-refractivity contribution is 7.15. The van der Waals surface area contributed by atoms with Gasteiger partial charge in [-0.25, -0.2) is 4.39 Å². The minimum absolute atomic E-state index is 0.0908. The summed E-state index contributed by atoms with van der Waals surface area (Å²) in [6, 6.07) is 9.48. The second kappa shape index (κ2) is 6.47. The summed E-state index contributed by atoms with van der Waals surface area (Å²) in [5.74, 6) is -1.10. The maximum Gasteiger partial charge on any atom is 0.297 e. The van der Waals surface area contributed by atoms with Gasteiger partial charge in [-0.2, -0.15) is 0 Å². The van der Waals surface area contributed by atoms with E-state index in [1.165, 1.54) is 40.5 Å². The molecule has 0 saturated heterocycles. The van der Waals surface area contributed by atoms with E-state index in [0.717, 1.165) is 0 Å². The molecule has 1 amide bonds. The molecule has 1 aliphatic heterocycles. The van der Waals surface area contributed by atoms with Crippen molar-refractivity contribution in [2.45, 2.75) is 13.0 Å². The van der Waals surface area contributed by atoms with Crippen LogP contribution >= 0.6 is 22.9 Å². The summed E-state index contributed by atoms with van der Waals surface area (Å²) in [5, 5.41) is 9.60. The number of hydrogen-bond donors (Lipinski definition) is 0. The van der Waals surface area contributed by atoms with Crippen LogP contribution in [-0.4, -0.2) is 16.1 Å². The van der Waals surface area contributed by atoms with E-state index in [4.69, 9.17) is 16.0 Å². The van der Waals surface area contributed by atoms with Gasteiger partial charge >= 0.3 is 0 Å². The number of aromatic nitrogens is 2. The molecule has 144 valence electrons. The van der Waals surface area contributed by atoms with Crippen LogP contribution in [0.1, 0.15) is 32.7 Å². The minimum atomic E-state index is -0.889. The molecule has 0 saturated carbocycles. The fourth-order valence-corrected chi connectivity index (χ4v) is 4.40. The Morgan fingerprint density at radius 1 is 1.17 bits per heavy atom. The topological polar surface area (TPSA) is 76.3 Å². The summed E-state index contributed by atoms with van der Waals surface area (Å²) in [5.41, 5.74) is 0.414. The molecule has 6 nitrogen and oxygen atoms in total. The highest BCUT2D eigenvalue weighted by Gasteiger charge is 2.45. The number of rotatable bonds is 2. The zero-order chi connectivity index (χ0) is 20.3. The first-order chi connectivity index (χ1) is 13.9. The third-order valence-corrected chi connectivity index (χ3v) is 5.79. The van der Waals surface area contributed by atoms with Crippen molar-refractivity contribution in [1.29, 1.82) is 0 Å². The minimum Gasteiger partial charge on any atom is -0.450 e. The van der Waals surface area contributed by atoms with E-state index in [9.17, 15) is 14.0 Å². The zero-order valence-electron chi connectivity index (χ0n) is 14.8. The Bertz CT molecular complexity index is 1370. The van der Waals surface area contributed by atoms with E-state index in [-0.39, 0.29) is 22.3 Å². The molecule has 2 aromatic carbocycles. The predicted molar refractivity (Wildman–Crippen MR) is 107 cm³/mol. The molecule has 0 spiro atoms. The largest absolute Gasteiger partial charge is 0.450 e. The molecule has 1 aliphatic rings. The van der Waals surface area contributed by atoms with Gasteiger partial charge in [0.05, 0.1) is 17.0 Å². The van der Waals surface area contributed by atoms with Crippen molar-refractivity contribution >= 4 is 44.9 Å². The van der Waals surface area contributed by atoms with Crippen LogP contribution < -0.4 is 10.3 Å². The van der Waals surface area contributed by atoms with E-state index in [1.54, 1.807) is 25.1 Å². The number of aryl methyl sites for hydroxylation is 1. The smallest absolute Gasteiger partial charge is 0.297 e. The molecule has 29 heavy (non-hydrogen) atoms. The molecule has 4 aromatic rings. The van der Waals surface area contributed by atoms with Crippen molar-refractivity contribution < 1.29 is 13.6 Å². The molecule has 0 radical (unpaired) electrons. The number of carbonyl (C=O) groups is 1. The van der Waals surface area contributed by atoms with Gasteiger partial charge in [-0.15, -0.1) is 10.2 Å². The number of halogens is 2. The van der Waals surface area contributed by atoms with Crippen molar-refractivity contribution in [1.82, 2.24) is 10.2 Å². The summed E-state index contributed by atoms with van der Waals surface area (Å²) in [7, 11) is 0. The van der Waals surface area contributed by atoms with Crippen molar-refractivity contribution in [2.24, 2.45) is 0 Å². The van der Waals surface area contributed by atoms with Crippen molar-refractivity contribution in [3.05, 3.63) is 85.4 Å². The average Bonchev–Trinajstić information content (AvgIpc) is 3.24. The summed E-state index contributed by atoms with van der Waals surface area (Å²) in [6.45, 7) is 1.76. The van der Waals surface area contributed by atoms with Gasteiger partial charge in [-0.3, -0.25) is 14.5 Å². The Hall–Kier alpha value is -3.10. The number of amides is 1. The second-order valence-corrected chi connectivity index (χ2v) is 8.15. The SMILES string of the molecule is Cc1nnc(N2C(=O)c3oc4ccc(Cl)cc4c(=O)c3[C@H]2c2cccc(F)c2)s1. The summed E-state index contributed by atoms with van der Waals surface area (Å²) in [4.78, 5) is 27.9. The van der Waals surface area contributed by atoms with Crippen LogP contribution in [0, 0.1) is 12.7 Å². The Morgan fingerprint density at radius 3 is 2.72 bits per heavy atom. The number of fused-ring (bicyclic) bond motifs is 2. The van der Waals surface area contributed by atoms with Crippen LogP contribution in [0.25, 0.3) is 11.0 Å². The summed E-state index contributed by atoms with van der Waals surface area (Å²) in [6.07, 6.45) is 0. The highest BCUT2D eigenvalue weighted by atomic mass is 35.5. The average molecular weight is 428 g/mol. The van der Waals surface area contributed by atoms with Gasteiger partial charge in [0, 0.05) is 5.02 Å². The van der Waals surface area contributed by atoms with Gasteiger partial charge in [0.25, 0.3) is 5.91 Å². The first-order valence-electron chi connectivity index (χ1n) is 8.59. The molecule has 5 rings (SSSR count). The molecule has 0 unspecified atom stereocenters. The molecule has 0 N–H and O–H groups in total. The van der Waals surface area contributed by atoms with Gasteiger partial charge in [0.1, 0.15) is 16.4 Å². The molecule has 0 bridgehead atoms. The Morgan fingerprint density at radius 2 is 2.00 bits per heavy atom. The standard InChI is InChI=1S/C20H11ClFN3O3S/c1-9-23-24-20(29-9)25-16(10-3-2-4-12(22)7-10)15-17(26)13-8-11(21)5-6-14(13)28-18(15)19(25)27/h2-8,16H,1H3/t16-/m1/s1. The number of anilines is 1. The number of benzene rings is 2. The molecule has 2 aromatic heterocycles. The number of carbonyl (C=O) groups excluding carboxylic acids is 1. The normalized spacial score (nSPS) is 15.9. The van der Waals surface area contributed by atoms with Gasteiger partial charge in [-0.1, -0.05) is 35.1 Å². The van der Waals surface area contributed by atoms with E-state index in [1.807, 2.05) is 0 Å². The van der Waals surface area contributed by atoms with Crippen LogP contribution in [0.4, 0.5) is 9.52 Å². The summed E-state index contributed by atoms with van der Waals surface area (Å²) >= 11 is 7.25. The Labute approximate surface area is 172 Å². The van der Waals surface area contributed by atoms with Crippen LogP contribution in [0.3, 0.4) is 0 Å². The zero-order valence-corrected chi connectivity index (χ0v) is 16.4. The van der Waals surface area contributed by atoms with E-state index < -0.39 is 23.2 Å². The van der Waals surface area contributed by atoms with Gasteiger partial charge in [-0.05, 0) is 42.8 Å². The van der Waals surface area contributed by atoms with E-state index >= 15 is 0 Å². The number of nitrogens with zero attached hydrogens (tertiary/aromatic N) is 3. The highest BCUT2D eigenvalue weighted by Crippen LogP contribution is 2.42. The lowest BCUT2D eigenvalue weighted by Gasteiger charge is -2.22. The van der Waals surface area contributed by atoms with Gasteiger partial charge < -0.3 is 4.42 Å². The third kappa shape index (κ3) is 2.75. The third-order valence-electron chi connectivity index (χ3n) is 4.72. The first-order valence-corrected chi connectivity index (χ1v) is 9.79. The molecule has 9 heteroatoms. The van der Waals surface area contributed by atoms with Crippen molar-refractivity contribution in [3.63, 3.8) is 0 Å². The number of hydrogen-bond acceptors (Lipinski definition) is 6. The predicted octanol–water partition coefficient (Wildman–Crippen LogP) is 4.50. The van der Waals surface area contributed by atoms with E-state index in [2.05, 4.69) is 10.2 Å². The molecule has 0 aliphatic carbocycles. The second-order valence-electron chi connectivity index (χ2n) is 6.55. The fourth-order valence-electron chi connectivity index (χ4n) is 3.52. The van der Waals surface area contributed by atoms with Gasteiger partial charge in [0.15, 0.2) is 5.43 Å². The molecule has 1 atom stereocenters. The lowest BCUT2D eigenvalue weighted by atomic mass is 9.98. The first kappa shape index (κ1) is 18.0. The lowest BCUT2D eigenvalue weighted by Crippen LogP contribution is -2.29. The molecular weight excluding hydrogens is 417 g/mol. The molecule has 0 fully saturated rings. The lowest BCUT2D eigenvalue weighted by molar-refractivity contribution is 0.0970. The van der Waals surface area contributed by atoms with Crippen molar-refractivity contribution in [2.75, 3.05) is 4.90 Å². The van der Waals surface area contributed by atoms with Crippen LogP contribution in [0.5, 0.6) is 0 Å². The Kier molecular flexibility index (Phi) is 4.01. The maximum absolute atomic E-state index is 14.0. The molecular formula is C20H11ClFN3O3S. The van der Waals surface area contributed by atoms with Crippen LogP contribution in [0.2, 0.25) is 5.02 Å². The monoisotopic (exact) mass is 427 g/mol. The fraction of sp³-hybridized carbons (Fsp3) is 0.100. The van der Waals surface area contributed by atoms with Crippen molar-refractivity contribution in [3.8, 4) is 0 Å². The quantitative estimate of drug-likeness (QED) is 0.471. The maximum atomic E-state index is 14.0.